The van der Waals surface area contributed by atoms with Gasteiger partial charge >= 0.3 is 0 Å². The monoisotopic (exact) mass is 194 g/mol. The maximum absolute atomic E-state index is 3.47. The van der Waals surface area contributed by atoms with Crippen LogP contribution < -0.4 is 5.32 Å². The SMILES string of the molecule is CC1CNCCN1CC1(C2CC2)CC1. The molecule has 1 unspecified atom stereocenters. The van der Waals surface area contributed by atoms with Gasteiger partial charge in [0.15, 0.2) is 0 Å². The van der Waals surface area contributed by atoms with E-state index in [1.165, 1.54) is 51.9 Å². The van der Waals surface area contributed by atoms with Crippen molar-refractivity contribution in [3.05, 3.63) is 0 Å². The van der Waals surface area contributed by atoms with Crippen LogP contribution in [-0.2, 0) is 0 Å². The standard InChI is InChI=1S/C12H22N2/c1-10-8-13-6-7-14(10)9-12(4-5-12)11-2-3-11/h10-11,13H,2-9H2,1H3. The molecule has 0 bridgehead atoms. The van der Waals surface area contributed by atoms with Crippen molar-refractivity contribution >= 4 is 0 Å². The smallest absolute Gasteiger partial charge is 0.0193 e. The molecule has 2 heteroatoms. The Hall–Kier alpha value is -0.0800. The van der Waals surface area contributed by atoms with Gasteiger partial charge in [-0.2, -0.15) is 0 Å². The summed E-state index contributed by atoms with van der Waals surface area (Å²) in [4.78, 5) is 2.72. The van der Waals surface area contributed by atoms with E-state index in [2.05, 4.69) is 17.1 Å². The number of nitrogens with one attached hydrogen (secondary N) is 1. The van der Waals surface area contributed by atoms with Crippen molar-refractivity contribution in [3.63, 3.8) is 0 Å². The molecule has 0 amide bonds. The molecule has 1 saturated heterocycles. The van der Waals surface area contributed by atoms with E-state index < -0.39 is 0 Å². The second-order valence-corrected chi connectivity index (χ2v) is 5.66. The van der Waals surface area contributed by atoms with Crippen molar-refractivity contribution in [3.8, 4) is 0 Å². The van der Waals surface area contributed by atoms with Crippen molar-refractivity contribution in [2.24, 2.45) is 11.3 Å². The molecule has 2 aliphatic carbocycles. The van der Waals surface area contributed by atoms with Gasteiger partial charge < -0.3 is 5.32 Å². The van der Waals surface area contributed by atoms with Crippen molar-refractivity contribution in [2.75, 3.05) is 26.2 Å². The molecular formula is C12H22N2. The van der Waals surface area contributed by atoms with Gasteiger partial charge in [-0.15, -0.1) is 0 Å². The Morgan fingerprint density at radius 2 is 2.14 bits per heavy atom. The molecule has 3 rings (SSSR count). The molecule has 1 atom stereocenters. The fourth-order valence-corrected chi connectivity index (χ4v) is 3.07. The van der Waals surface area contributed by atoms with Crippen LogP contribution in [0.2, 0.25) is 0 Å². The molecule has 14 heavy (non-hydrogen) atoms. The lowest BCUT2D eigenvalue weighted by Gasteiger charge is -2.36. The fraction of sp³-hybridized carbons (Fsp3) is 1.00. The lowest BCUT2D eigenvalue weighted by Crippen LogP contribution is -2.51. The second kappa shape index (κ2) is 3.21. The number of hydrogen-bond acceptors (Lipinski definition) is 2. The third-order valence-electron chi connectivity index (χ3n) is 4.49. The van der Waals surface area contributed by atoms with Gasteiger partial charge in [0.1, 0.15) is 0 Å². The quantitative estimate of drug-likeness (QED) is 0.732. The van der Waals surface area contributed by atoms with Crippen LogP contribution in [0.25, 0.3) is 0 Å². The first-order valence-electron chi connectivity index (χ1n) is 6.25. The third kappa shape index (κ3) is 1.59. The highest BCUT2D eigenvalue weighted by atomic mass is 15.2. The molecule has 80 valence electrons. The predicted molar refractivity (Wildman–Crippen MR) is 58.3 cm³/mol. The average molecular weight is 194 g/mol. The normalized spacial score (nSPS) is 37.1. The highest BCUT2D eigenvalue weighted by molar-refractivity contribution is 5.06. The van der Waals surface area contributed by atoms with Crippen LogP contribution in [0.3, 0.4) is 0 Å². The van der Waals surface area contributed by atoms with E-state index in [9.17, 15) is 0 Å². The Morgan fingerprint density at radius 1 is 1.36 bits per heavy atom. The molecule has 2 nitrogen and oxygen atoms in total. The molecule has 1 heterocycles. The maximum atomic E-state index is 3.47. The summed E-state index contributed by atoms with van der Waals surface area (Å²) in [6, 6.07) is 0.764. The van der Waals surface area contributed by atoms with Crippen LogP contribution in [0.4, 0.5) is 0 Å². The van der Waals surface area contributed by atoms with Gasteiger partial charge in [-0.05, 0) is 43.9 Å². The average Bonchev–Trinajstić information content (AvgIpc) is 3.00. The Kier molecular flexibility index (Phi) is 2.10. The van der Waals surface area contributed by atoms with E-state index >= 15 is 0 Å². The largest absolute Gasteiger partial charge is 0.314 e. The number of piperazine rings is 1. The summed E-state index contributed by atoms with van der Waals surface area (Å²) in [6.07, 6.45) is 6.10. The van der Waals surface area contributed by atoms with Gasteiger partial charge in [-0.1, -0.05) is 0 Å². The van der Waals surface area contributed by atoms with Gasteiger partial charge in [-0.25, -0.2) is 0 Å². The zero-order chi connectivity index (χ0) is 9.60. The Balaban J connectivity index is 1.59. The van der Waals surface area contributed by atoms with Gasteiger partial charge in [0, 0.05) is 32.2 Å². The van der Waals surface area contributed by atoms with E-state index in [0.717, 1.165) is 17.4 Å². The van der Waals surface area contributed by atoms with Gasteiger partial charge in [0.2, 0.25) is 0 Å². The minimum absolute atomic E-state index is 0.764. The minimum Gasteiger partial charge on any atom is -0.314 e. The Morgan fingerprint density at radius 3 is 2.71 bits per heavy atom. The van der Waals surface area contributed by atoms with Crippen LogP contribution >= 0.6 is 0 Å². The summed E-state index contributed by atoms with van der Waals surface area (Å²) in [7, 11) is 0. The van der Waals surface area contributed by atoms with Gasteiger partial charge in [-0.3, -0.25) is 4.90 Å². The number of hydrogen-bond donors (Lipinski definition) is 1. The van der Waals surface area contributed by atoms with Crippen LogP contribution in [0.5, 0.6) is 0 Å². The molecule has 0 spiro atoms. The highest BCUT2D eigenvalue weighted by Gasteiger charge is 2.54. The molecule has 3 aliphatic rings. The van der Waals surface area contributed by atoms with E-state index in [-0.39, 0.29) is 0 Å². The summed E-state index contributed by atoms with van der Waals surface area (Å²) >= 11 is 0. The topological polar surface area (TPSA) is 15.3 Å². The first-order valence-corrected chi connectivity index (χ1v) is 6.25. The number of rotatable bonds is 3. The van der Waals surface area contributed by atoms with Crippen LogP contribution in [0.1, 0.15) is 32.6 Å². The predicted octanol–water partition coefficient (Wildman–Crippen LogP) is 1.47. The lowest BCUT2D eigenvalue weighted by molar-refractivity contribution is 0.132. The summed E-state index contributed by atoms with van der Waals surface area (Å²) in [5.74, 6) is 1.12. The highest BCUT2D eigenvalue weighted by Crippen LogP contribution is 2.61. The summed E-state index contributed by atoms with van der Waals surface area (Å²) in [5, 5.41) is 3.47. The Labute approximate surface area is 87.0 Å². The molecule has 0 aromatic carbocycles. The summed E-state index contributed by atoms with van der Waals surface area (Å²) < 4.78 is 0. The van der Waals surface area contributed by atoms with Crippen LogP contribution in [0, 0.1) is 11.3 Å². The summed E-state index contributed by atoms with van der Waals surface area (Å²) in [5.41, 5.74) is 0.797. The molecule has 1 aliphatic heterocycles. The summed E-state index contributed by atoms with van der Waals surface area (Å²) in [6.45, 7) is 7.44. The first-order chi connectivity index (χ1) is 6.80. The van der Waals surface area contributed by atoms with Crippen molar-refractivity contribution in [1.82, 2.24) is 10.2 Å². The third-order valence-corrected chi connectivity index (χ3v) is 4.49. The van der Waals surface area contributed by atoms with Gasteiger partial charge in [0.05, 0.1) is 0 Å². The lowest BCUT2D eigenvalue weighted by atomic mass is 9.98. The first kappa shape index (κ1) is 9.17. The van der Waals surface area contributed by atoms with E-state index in [4.69, 9.17) is 0 Å². The molecular weight excluding hydrogens is 172 g/mol. The Bertz CT molecular complexity index is 218. The van der Waals surface area contributed by atoms with Gasteiger partial charge in [0.25, 0.3) is 0 Å². The molecule has 2 saturated carbocycles. The molecule has 1 N–H and O–H groups in total. The van der Waals surface area contributed by atoms with E-state index in [1.807, 2.05) is 0 Å². The van der Waals surface area contributed by atoms with Crippen molar-refractivity contribution in [1.29, 1.82) is 0 Å². The van der Waals surface area contributed by atoms with Crippen molar-refractivity contribution in [2.45, 2.75) is 38.6 Å². The maximum Gasteiger partial charge on any atom is 0.0193 e. The minimum atomic E-state index is 0.764. The molecule has 0 radical (unpaired) electrons. The zero-order valence-corrected chi connectivity index (χ0v) is 9.26. The van der Waals surface area contributed by atoms with Crippen LogP contribution in [0.15, 0.2) is 0 Å². The van der Waals surface area contributed by atoms with Crippen molar-refractivity contribution < 1.29 is 0 Å². The van der Waals surface area contributed by atoms with E-state index in [0.29, 0.717) is 0 Å². The molecule has 3 fully saturated rings. The number of nitrogens with zero attached hydrogens (tertiary/aromatic N) is 1. The second-order valence-electron chi connectivity index (χ2n) is 5.66. The molecule has 0 aromatic rings. The fourth-order valence-electron chi connectivity index (χ4n) is 3.07. The van der Waals surface area contributed by atoms with E-state index in [1.54, 1.807) is 0 Å². The molecule has 0 aromatic heterocycles. The van der Waals surface area contributed by atoms with Crippen LogP contribution in [-0.4, -0.2) is 37.1 Å². The zero-order valence-electron chi connectivity index (χ0n) is 9.26.